The molecular weight excluding hydrogens is 296 g/mol. The zero-order valence-electron chi connectivity index (χ0n) is 15.4. The van der Waals surface area contributed by atoms with Gasteiger partial charge in [0.25, 0.3) is 0 Å². The Morgan fingerprint density at radius 2 is 1.83 bits per heavy atom. The molecule has 0 saturated heterocycles. The van der Waals surface area contributed by atoms with Crippen LogP contribution in [0.4, 0.5) is 0 Å². The zero-order chi connectivity index (χ0) is 17.2. The summed E-state index contributed by atoms with van der Waals surface area (Å²) in [5.41, 5.74) is 4.21. The topological polar surface area (TPSA) is 39.7 Å². The first-order valence-corrected chi connectivity index (χ1v) is 9.02. The van der Waals surface area contributed by atoms with E-state index in [4.69, 9.17) is 0 Å². The SMILES string of the molecule is CN=C(NCCC1=CCCCC1)NCc1ccc(CN(C)C)cc1. The van der Waals surface area contributed by atoms with E-state index in [0.717, 1.165) is 32.0 Å². The Morgan fingerprint density at radius 3 is 2.46 bits per heavy atom. The second kappa shape index (κ2) is 10.1. The number of hydrogen-bond donors (Lipinski definition) is 2. The van der Waals surface area contributed by atoms with Gasteiger partial charge in [-0.1, -0.05) is 35.9 Å². The molecule has 24 heavy (non-hydrogen) atoms. The molecule has 4 heteroatoms. The van der Waals surface area contributed by atoms with Crippen molar-refractivity contribution in [3.8, 4) is 0 Å². The van der Waals surface area contributed by atoms with Gasteiger partial charge >= 0.3 is 0 Å². The lowest BCUT2D eigenvalue weighted by Crippen LogP contribution is -2.37. The fraction of sp³-hybridized carbons (Fsp3) is 0.550. The summed E-state index contributed by atoms with van der Waals surface area (Å²) in [6.45, 7) is 2.73. The third kappa shape index (κ3) is 6.75. The van der Waals surface area contributed by atoms with E-state index in [-0.39, 0.29) is 0 Å². The number of rotatable bonds is 7. The van der Waals surface area contributed by atoms with Crippen molar-refractivity contribution in [3.05, 3.63) is 47.0 Å². The van der Waals surface area contributed by atoms with Crippen LogP contribution in [0.15, 0.2) is 40.9 Å². The minimum atomic E-state index is 0.796. The highest BCUT2D eigenvalue weighted by molar-refractivity contribution is 5.79. The van der Waals surface area contributed by atoms with E-state index >= 15 is 0 Å². The van der Waals surface area contributed by atoms with Crippen LogP contribution >= 0.6 is 0 Å². The standard InChI is InChI=1S/C20H32N4/c1-21-20(22-14-13-17-7-5-4-6-8-17)23-15-18-9-11-19(12-10-18)16-24(2)3/h7,9-12H,4-6,8,13-16H2,1-3H3,(H2,21,22,23). The first-order chi connectivity index (χ1) is 11.7. The Balaban J connectivity index is 1.71. The van der Waals surface area contributed by atoms with E-state index in [1.54, 1.807) is 5.57 Å². The van der Waals surface area contributed by atoms with Crippen molar-refractivity contribution in [2.24, 2.45) is 4.99 Å². The van der Waals surface area contributed by atoms with E-state index in [1.165, 1.54) is 36.8 Å². The summed E-state index contributed by atoms with van der Waals surface area (Å²) in [7, 11) is 6.01. The average molecular weight is 329 g/mol. The Hall–Kier alpha value is -1.81. The number of benzene rings is 1. The van der Waals surface area contributed by atoms with Crippen molar-refractivity contribution in [1.82, 2.24) is 15.5 Å². The fourth-order valence-electron chi connectivity index (χ4n) is 3.01. The molecule has 0 aromatic heterocycles. The molecular formula is C20H32N4. The summed E-state index contributed by atoms with van der Waals surface area (Å²) in [6.07, 6.45) is 8.77. The number of nitrogens with zero attached hydrogens (tertiary/aromatic N) is 2. The molecule has 0 atom stereocenters. The quantitative estimate of drug-likeness (QED) is 0.458. The van der Waals surface area contributed by atoms with Crippen LogP contribution in [0.1, 0.15) is 43.2 Å². The van der Waals surface area contributed by atoms with Gasteiger partial charge in [0.15, 0.2) is 5.96 Å². The molecule has 0 radical (unpaired) electrons. The molecule has 0 amide bonds. The molecule has 0 unspecified atom stereocenters. The first-order valence-electron chi connectivity index (χ1n) is 9.02. The average Bonchev–Trinajstić information content (AvgIpc) is 2.59. The predicted molar refractivity (Wildman–Crippen MR) is 103 cm³/mol. The molecule has 0 bridgehead atoms. The van der Waals surface area contributed by atoms with Crippen LogP contribution in [-0.2, 0) is 13.1 Å². The molecule has 4 nitrogen and oxygen atoms in total. The maximum Gasteiger partial charge on any atom is 0.191 e. The van der Waals surface area contributed by atoms with Crippen LogP contribution in [0.2, 0.25) is 0 Å². The van der Waals surface area contributed by atoms with Gasteiger partial charge in [0.05, 0.1) is 0 Å². The van der Waals surface area contributed by atoms with Gasteiger partial charge in [-0.15, -0.1) is 0 Å². The van der Waals surface area contributed by atoms with Crippen molar-refractivity contribution >= 4 is 5.96 Å². The number of guanidine groups is 1. The van der Waals surface area contributed by atoms with Crippen LogP contribution in [-0.4, -0.2) is 38.5 Å². The summed E-state index contributed by atoms with van der Waals surface area (Å²) in [6, 6.07) is 8.77. The molecule has 0 spiro atoms. The Labute approximate surface area is 147 Å². The van der Waals surface area contributed by atoms with Crippen molar-refractivity contribution in [2.75, 3.05) is 27.7 Å². The maximum absolute atomic E-state index is 4.31. The van der Waals surface area contributed by atoms with E-state index in [1.807, 2.05) is 7.05 Å². The van der Waals surface area contributed by atoms with Gasteiger partial charge < -0.3 is 15.5 Å². The fourth-order valence-corrected chi connectivity index (χ4v) is 3.01. The lowest BCUT2D eigenvalue weighted by Gasteiger charge is -2.15. The van der Waals surface area contributed by atoms with Crippen molar-refractivity contribution in [3.63, 3.8) is 0 Å². The summed E-state index contributed by atoms with van der Waals surface area (Å²) < 4.78 is 0. The Bertz CT molecular complexity index is 543. The van der Waals surface area contributed by atoms with Gasteiger partial charge in [-0.3, -0.25) is 4.99 Å². The number of allylic oxidation sites excluding steroid dienone is 1. The normalized spacial score (nSPS) is 15.3. The molecule has 1 aromatic carbocycles. The van der Waals surface area contributed by atoms with Crippen LogP contribution in [0.3, 0.4) is 0 Å². The molecule has 2 N–H and O–H groups in total. The van der Waals surface area contributed by atoms with Crippen LogP contribution in [0, 0.1) is 0 Å². The zero-order valence-corrected chi connectivity index (χ0v) is 15.4. The predicted octanol–water partition coefficient (Wildman–Crippen LogP) is 3.30. The lowest BCUT2D eigenvalue weighted by molar-refractivity contribution is 0.402. The summed E-state index contributed by atoms with van der Waals surface area (Å²) in [4.78, 5) is 6.49. The first kappa shape index (κ1) is 18.5. The van der Waals surface area contributed by atoms with Crippen LogP contribution < -0.4 is 10.6 Å². The van der Waals surface area contributed by atoms with Crippen molar-refractivity contribution in [2.45, 2.75) is 45.2 Å². The smallest absolute Gasteiger partial charge is 0.191 e. The van der Waals surface area contributed by atoms with Crippen LogP contribution in [0.5, 0.6) is 0 Å². The molecule has 1 aliphatic rings. The molecule has 2 rings (SSSR count). The molecule has 0 aliphatic heterocycles. The molecule has 0 saturated carbocycles. The van der Waals surface area contributed by atoms with E-state index in [9.17, 15) is 0 Å². The van der Waals surface area contributed by atoms with Gasteiger partial charge in [0.2, 0.25) is 0 Å². The van der Waals surface area contributed by atoms with Gasteiger partial charge in [0, 0.05) is 26.7 Å². The van der Waals surface area contributed by atoms with Crippen molar-refractivity contribution in [1.29, 1.82) is 0 Å². The van der Waals surface area contributed by atoms with E-state index < -0.39 is 0 Å². The molecule has 1 aliphatic carbocycles. The largest absolute Gasteiger partial charge is 0.356 e. The number of nitrogens with one attached hydrogen (secondary N) is 2. The summed E-state index contributed by atoms with van der Waals surface area (Å²) in [5.74, 6) is 0.878. The highest BCUT2D eigenvalue weighted by Gasteiger charge is 2.04. The minimum Gasteiger partial charge on any atom is -0.356 e. The highest BCUT2D eigenvalue weighted by Crippen LogP contribution is 2.19. The maximum atomic E-state index is 4.31. The van der Waals surface area contributed by atoms with E-state index in [0.29, 0.717) is 0 Å². The lowest BCUT2D eigenvalue weighted by atomic mass is 9.97. The summed E-state index contributed by atoms with van der Waals surface area (Å²) >= 11 is 0. The van der Waals surface area contributed by atoms with Gasteiger partial charge in [-0.05, 0) is 57.3 Å². The minimum absolute atomic E-state index is 0.796. The van der Waals surface area contributed by atoms with Gasteiger partial charge in [0.1, 0.15) is 0 Å². The molecule has 132 valence electrons. The highest BCUT2D eigenvalue weighted by atomic mass is 15.2. The second-order valence-corrected chi connectivity index (χ2v) is 6.76. The number of aliphatic imine (C=N–C) groups is 1. The van der Waals surface area contributed by atoms with Crippen LogP contribution in [0.25, 0.3) is 0 Å². The number of hydrogen-bond acceptors (Lipinski definition) is 2. The Kier molecular flexibility index (Phi) is 7.83. The Morgan fingerprint density at radius 1 is 1.08 bits per heavy atom. The summed E-state index contributed by atoms with van der Waals surface area (Å²) in [5, 5.41) is 6.81. The second-order valence-electron chi connectivity index (χ2n) is 6.76. The van der Waals surface area contributed by atoms with Gasteiger partial charge in [-0.25, -0.2) is 0 Å². The van der Waals surface area contributed by atoms with Crippen molar-refractivity contribution < 1.29 is 0 Å². The van der Waals surface area contributed by atoms with E-state index in [2.05, 4.69) is 65.0 Å². The third-order valence-corrected chi connectivity index (χ3v) is 4.33. The van der Waals surface area contributed by atoms with Gasteiger partial charge in [-0.2, -0.15) is 0 Å². The molecule has 1 aromatic rings. The third-order valence-electron chi connectivity index (χ3n) is 4.33. The monoisotopic (exact) mass is 328 g/mol. The molecule has 0 heterocycles. The molecule has 0 fully saturated rings.